The summed E-state index contributed by atoms with van der Waals surface area (Å²) in [5.74, 6) is -0.728. The molecule has 0 aromatic rings. The lowest BCUT2D eigenvalue weighted by Gasteiger charge is -2.17. The van der Waals surface area contributed by atoms with Crippen LogP contribution in [-0.4, -0.2) is 18.7 Å². The first-order valence-electron chi connectivity index (χ1n) is 3.47. The van der Waals surface area contributed by atoms with Gasteiger partial charge >= 0.3 is 13.6 Å². The summed E-state index contributed by atoms with van der Waals surface area (Å²) in [6.07, 6.45) is 0.952. The van der Waals surface area contributed by atoms with E-state index >= 15 is 0 Å². The summed E-state index contributed by atoms with van der Waals surface area (Å²) in [6.45, 7) is 6.49. The standard InChI is InChI=1S/C7H13O4P/c1-5-7(8)11-12(9,10-4)6(2)3/h5-6H,1H2,2-4H3. The van der Waals surface area contributed by atoms with Gasteiger partial charge in [0.05, 0.1) is 5.66 Å². The Morgan fingerprint density at radius 3 is 2.33 bits per heavy atom. The van der Waals surface area contributed by atoms with E-state index in [1.165, 1.54) is 7.11 Å². The molecular formula is C7H13O4P. The van der Waals surface area contributed by atoms with Gasteiger partial charge < -0.3 is 9.05 Å². The Hall–Kier alpha value is -0.600. The van der Waals surface area contributed by atoms with Gasteiger partial charge in [-0.15, -0.1) is 0 Å². The maximum absolute atomic E-state index is 11.5. The maximum atomic E-state index is 11.5. The van der Waals surface area contributed by atoms with E-state index in [0.29, 0.717) is 0 Å². The van der Waals surface area contributed by atoms with Gasteiger partial charge in [0.25, 0.3) is 0 Å². The molecule has 1 atom stereocenters. The molecule has 0 heterocycles. The SMILES string of the molecule is C=CC(=O)OP(=O)(OC)C(C)C. The molecule has 0 saturated heterocycles. The van der Waals surface area contributed by atoms with Crippen molar-refractivity contribution < 1.29 is 18.4 Å². The Kier molecular flexibility index (Phi) is 4.21. The molecule has 0 aliphatic carbocycles. The highest BCUT2D eigenvalue weighted by Gasteiger charge is 2.30. The molecule has 0 aliphatic heterocycles. The Balaban J connectivity index is 4.45. The van der Waals surface area contributed by atoms with E-state index in [2.05, 4.69) is 15.6 Å². The van der Waals surface area contributed by atoms with E-state index < -0.39 is 13.6 Å². The second-order valence-corrected chi connectivity index (χ2v) is 5.09. The predicted molar refractivity (Wildman–Crippen MR) is 46.0 cm³/mol. The van der Waals surface area contributed by atoms with Crippen LogP contribution in [0.2, 0.25) is 0 Å². The molecule has 0 aliphatic rings. The van der Waals surface area contributed by atoms with Crippen LogP contribution in [0.5, 0.6) is 0 Å². The molecule has 1 unspecified atom stereocenters. The zero-order valence-corrected chi connectivity index (χ0v) is 8.34. The molecule has 0 spiro atoms. The number of hydrogen-bond acceptors (Lipinski definition) is 4. The van der Waals surface area contributed by atoms with Gasteiger partial charge in [0.1, 0.15) is 0 Å². The summed E-state index contributed by atoms with van der Waals surface area (Å²) in [5, 5.41) is 0. The van der Waals surface area contributed by atoms with Gasteiger partial charge in [-0.3, -0.25) is 0 Å². The first-order valence-corrected chi connectivity index (χ1v) is 5.09. The molecule has 12 heavy (non-hydrogen) atoms. The van der Waals surface area contributed by atoms with Crippen LogP contribution in [0.15, 0.2) is 12.7 Å². The number of rotatable bonds is 4. The van der Waals surface area contributed by atoms with Crippen molar-refractivity contribution in [2.45, 2.75) is 19.5 Å². The van der Waals surface area contributed by atoms with Crippen molar-refractivity contribution in [3.8, 4) is 0 Å². The molecule has 0 fully saturated rings. The first kappa shape index (κ1) is 11.4. The second kappa shape index (κ2) is 4.43. The van der Waals surface area contributed by atoms with Crippen LogP contribution < -0.4 is 0 Å². The molecule has 0 bridgehead atoms. The lowest BCUT2D eigenvalue weighted by atomic mass is 10.6. The van der Waals surface area contributed by atoms with Crippen LogP contribution in [0.4, 0.5) is 0 Å². The molecule has 0 aromatic carbocycles. The lowest BCUT2D eigenvalue weighted by molar-refractivity contribution is -0.129. The van der Waals surface area contributed by atoms with E-state index in [-0.39, 0.29) is 5.66 Å². The summed E-state index contributed by atoms with van der Waals surface area (Å²) in [7, 11) is -2.02. The third-order valence-corrected chi connectivity index (χ3v) is 3.48. The molecule has 0 saturated carbocycles. The summed E-state index contributed by atoms with van der Waals surface area (Å²) < 4.78 is 20.7. The van der Waals surface area contributed by atoms with Crippen molar-refractivity contribution in [1.29, 1.82) is 0 Å². The Labute approximate surface area is 72.1 Å². The van der Waals surface area contributed by atoms with Gasteiger partial charge in [-0.2, -0.15) is 0 Å². The molecule has 0 N–H and O–H groups in total. The highest BCUT2D eigenvalue weighted by molar-refractivity contribution is 7.55. The highest BCUT2D eigenvalue weighted by Crippen LogP contribution is 2.52. The van der Waals surface area contributed by atoms with E-state index in [1.54, 1.807) is 13.8 Å². The number of hydrogen-bond donors (Lipinski definition) is 0. The molecule has 0 rings (SSSR count). The average Bonchev–Trinajstić information content (AvgIpc) is 2.03. The molecule has 0 radical (unpaired) electrons. The number of carbonyl (C=O) groups excluding carboxylic acids is 1. The van der Waals surface area contributed by atoms with E-state index in [0.717, 1.165) is 6.08 Å². The van der Waals surface area contributed by atoms with Gasteiger partial charge in [0.15, 0.2) is 0 Å². The van der Waals surface area contributed by atoms with Gasteiger partial charge in [-0.1, -0.05) is 20.4 Å². The summed E-state index contributed by atoms with van der Waals surface area (Å²) in [4.78, 5) is 10.7. The monoisotopic (exact) mass is 192 g/mol. The lowest BCUT2D eigenvalue weighted by Crippen LogP contribution is -2.07. The third kappa shape index (κ3) is 2.80. The van der Waals surface area contributed by atoms with Crippen molar-refractivity contribution in [1.82, 2.24) is 0 Å². The van der Waals surface area contributed by atoms with Crippen molar-refractivity contribution in [2.75, 3.05) is 7.11 Å². The summed E-state index contributed by atoms with van der Waals surface area (Å²) in [5.41, 5.74) is -0.341. The normalized spacial score (nSPS) is 15.3. The molecule has 4 nitrogen and oxygen atoms in total. The zero-order chi connectivity index (χ0) is 9.78. The first-order chi connectivity index (χ1) is 5.46. The van der Waals surface area contributed by atoms with Gasteiger partial charge in [0.2, 0.25) is 0 Å². The molecule has 70 valence electrons. The quantitative estimate of drug-likeness (QED) is 0.504. The fourth-order valence-electron chi connectivity index (χ4n) is 0.516. The van der Waals surface area contributed by atoms with Crippen LogP contribution in [-0.2, 0) is 18.4 Å². The van der Waals surface area contributed by atoms with Gasteiger partial charge in [-0.05, 0) is 0 Å². The van der Waals surface area contributed by atoms with Crippen LogP contribution in [0, 0.1) is 0 Å². The largest absolute Gasteiger partial charge is 0.388 e. The summed E-state index contributed by atoms with van der Waals surface area (Å²) in [6, 6.07) is 0. The van der Waals surface area contributed by atoms with Crippen LogP contribution in [0.25, 0.3) is 0 Å². The van der Waals surface area contributed by atoms with Crippen LogP contribution >= 0.6 is 7.60 Å². The number of carbonyl (C=O) groups is 1. The molecular weight excluding hydrogens is 179 g/mol. The minimum absolute atomic E-state index is 0.341. The van der Waals surface area contributed by atoms with E-state index in [1.807, 2.05) is 0 Å². The van der Waals surface area contributed by atoms with E-state index in [9.17, 15) is 9.36 Å². The van der Waals surface area contributed by atoms with Crippen molar-refractivity contribution in [2.24, 2.45) is 0 Å². The van der Waals surface area contributed by atoms with Crippen molar-refractivity contribution in [3.63, 3.8) is 0 Å². The predicted octanol–water partition coefficient (Wildman–Crippen LogP) is 1.96. The Bertz CT molecular complexity index is 221. The molecule has 0 amide bonds. The topological polar surface area (TPSA) is 52.6 Å². The minimum atomic E-state index is -3.27. The zero-order valence-electron chi connectivity index (χ0n) is 7.44. The van der Waals surface area contributed by atoms with Gasteiger partial charge in [0, 0.05) is 13.2 Å². The fourth-order valence-corrected chi connectivity index (χ4v) is 1.55. The van der Waals surface area contributed by atoms with Crippen LogP contribution in [0.3, 0.4) is 0 Å². The van der Waals surface area contributed by atoms with Crippen molar-refractivity contribution in [3.05, 3.63) is 12.7 Å². The summed E-state index contributed by atoms with van der Waals surface area (Å²) >= 11 is 0. The third-order valence-electron chi connectivity index (χ3n) is 1.27. The second-order valence-electron chi connectivity index (χ2n) is 2.43. The Morgan fingerprint density at radius 1 is 1.58 bits per heavy atom. The average molecular weight is 192 g/mol. The minimum Gasteiger partial charge on any atom is -0.388 e. The van der Waals surface area contributed by atoms with E-state index in [4.69, 9.17) is 0 Å². The maximum Gasteiger partial charge on any atom is 0.383 e. The Morgan fingerprint density at radius 2 is 2.08 bits per heavy atom. The molecule has 5 heteroatoms. The van der Waals surface area contributed by atoms with Crippen molar-refractivity contribution >= 4 is 13.6 Å². The van der Waals surface area contributed by atoms with Gasteiger partial charge in [-0.25, -0.2) is 9.36 Å². The fraction of sp³-hybridized carbons (Fsp3) is 0.571. The molecule has 0 aromatic heterocycles. The highest BCUT2D eigenvalue weighted by atomic mass is 31.2. The van der Waals surface area contributed by atoms with Crippen LogP contribution in [0.1, 0.15) is 13.8 Å². The smallest absolute Gasteiger partial charge is 0.383 e.